The molecule has 4 nitrogen and oxygen atoms in total. The maximum absolute atomic E-state index is 13.0. The lowest BCUT2D eigenvalue weighted by molar-refractivity contribution is -0.122. The molecule has 0 saturated carbocycles. The second-order valence-electron chi connectivity index (χ2n) is 7.61. The summed E-state index contributed by atoms with van der Waals surface area (Å²) in [6.45, 7) is 3.60. The van der Waals surface area contributed by atoms with E-state index in [-0.39, 0.29) is 5.91 Å². The molecule has 0 unspecified atom stereocenters. The van der Waals surface area contributed by atoms with Gasteiger partial charge in [0.1, 0.15) is 15.8 Å². The lowest BCUT2D eigenvalue weighted by atomic mass is 10.1. The van der Waals surface area contributed by atoms with Crippen LogP contribution in [0.5, 0.6) is 11.5 Å². The number of hydrogen-bond acceptors (Lipinski definition) is 5. The average molecular weight is 476 g/mol. The molecule has 0 radical (unpaired) electrons. The highest BCUT2D eigenvalue weighted by molar-refractivity contribution is 8.26. The molecule has 6 heteroatoms. The molecule has 0 N–H and O–H groups in total. The number of amides is 1. The minimum atomic E-state index is -0.0738. The van der Waals surface area contributed by atoms with Gasteiger partial charge in [-0.1, -0.05) is 90.7 Å². The van der Waals surface area contributed by atoms with Gasteiger partial charge in [0.25, 0.3) is 5.91 Å². The van der Waals surface area contributed by atoms with Crippen LogP contribution in [-0.2, 0) is 11.3 Å². The smallest absolute Gasteiger partial charge is 0.266 e. The van der Waals surface area contributed by atoms with Crippen LogP contribution in [0.1, 0.15) is 23.1 Å². The Morgan fingerprint density at radius 2 is 1.52 bits per heavy atom. The lowest BCUT2D eigenvalue weighted by Gasteiger charge is -2.14. The van der Waals surface area contributed by atoms with Gasteiger partial charge in [0.05, 0.1) is 24.7 Å². The first-order valence-electron chi connectivity index (χ1n) is 10.8. The van der Waals surface area contributed by atoms with Crippen LogP contribution < -0.4 is 9.47 Å². The Morgan fingerprint density at radius 3 is 2.27 bits per heavy atom. The Morgan fingerprint density at radius 1 is 0.879 bits per heavy atom. The molecule has 0 atom stereocenters. The Labute approximate surface area is 204 Å². The van der Waals surface area contributed by atoms with E-state index in [2.05, 4.69) is 0 Å². The highest BCUT2D eigenvalue weighted by Crippen LogP contribution is 2.35. The summed E-state index contributed by atoms with van der Waals surface area (Å²) in [5, 5.41) is 0. The van der Waals surface area contributed by atoms with Crippen molar-refractivity contribution in [2.45, 2.75) is 19.9 Å². The minimum Gasteiger partial charge on any atom is -0.493 e. The van der Waals surface area contributed by atoms with E-state index in [0.29, 0.717) is 29.0 Å². The SMILES string of the molecule is Cc1ccccc1OCCCOc1ccccc1/C=C1\SC(=S)N(Cc2ccccc2)C1=O. The summed E-state index contributed by atoms with van der Waals surface area (Å²) < 4.78 is 12.4. The third-order valence-corrected chi connectivity index (χ3v) is 6.54. The van der Waals surface area contributed by atoms with Crippen LogP contribution >= 0.6 is 24.0 Å². The van der Waals surface area contributed by atoms with Crippen LogP contribution in [0.4, 0.5) is 0 Å². The van der Waals surface area contributed by atoms with Crippen LogP contribution in [-0.4, -0.2) is 28.3 Å². The molecule has 4 rings (SSSR count). The van der Waals surface area contributed by atoms with Gasteiger partial charge in [-0.2, -0.15) is 0 Å². The van der Waals surface area contributed by atoms with Crippen LogP contribution in [0.2, 0.25) is 0 Å². The summed E-state index contributed by atoms with van der Waals surface area (Å²) in [6.07, 6.45) is 2.62. The first-order valence-corrected chi connectivity index (χ1v) is 12.0. The van der Waals surface area contributed by atoms with Crippen LogP contribution in [0.3, 0.4) is 0 Å². The quantitative estimate of drug-likeness (QED) is 0.208. The van der Waals surface area contributed by atoms with Gasteiger partial charge >= 0.3 is 0 Å². The molecule has 0 spiro atoms. The Bertz CT molecular complexity index is 1160. The van der Waals surface area contributed by atoms with Gasteiger partial charge in [-0.05, 0) is 36.3 Å². The maximum atomic E-state index is 13.0. The third-order valence-electron chi connectivity index (χ3n) is 5.16. The fourth-order valence-electron chi connectivity index (χ4n) is 3.42. The lowest BCUT2D eigenvalue weighted by Crippen LogP contribution is -2.27. The number of nitrogens with zero attached hydrogens (tertiary/aromatic N) is 1. The van der Waals surface area contributed by atoms with Crippen molar-refractivity contribution in [3.05, 3.63) is 100 Å². The average Bonchev–Trinajstić information content (AvgIpc) is 3.09. The number of carbonyl (C=O) groups is 1. The van der Waals surface area contributed by atoms with Gasteiger partial charge in [-0.15, -0.1) is 0 Å². The summed E-state index contributed by atoms with van der Waals surface area (Å²) in [7, 11) is 0. The number of aryl methyl sites for hydroxylation is 1. The molecule has 0 bridgehead atoms. The normalized spacial score (nSPS) is 14.7. The van der Waals surface area contributed by atoms with Gasteiger partial charge in [-0.3, -0.25) is 9.69 Å². The molecule has 3 aromatic rings. The molecule has 1 aliphatic heterocycles. The van der Waals surface area contributed by atoms with Crippen molar-refractivity contribution in [1.82, 2.24) is 4.90 Å². The molecular weight excluding hydrogens is 450 g/mol. The van der Waals surface area contributed by atoms with Gasteiger partial charge in [0.15, 0.2) is 0 Å². The molecule has 3 aromatic carbocycles. The van der Waals surface area contributed by atoms with Gasteiger partial charge < -0.3 is 9.47 Å². The summed E-state index contributed by atoms with van der Waals surface area (Å²) >= 11 is 6.80. The van der Waals surface area contributed by atoms with Gasteiger partial charge in [0, 0.05) is 12.0 Å². The Kier molecular flexibility index (Phi) is 7.81. The van der Waals surface area contributed by atoms with Crippen LogP contribution in [0.15, 0.2) is 83.8 Å². The first-order chi connectivity index (χ1) is 16.1. The number of rotatable bonds is 9. The minimum absolute atomic E-state index is 0.0738. The van der Waals surface area contributed by atoms with Crippen molar-refractivity contribution in [1.29, 1.82) is 0 Å². The molecule has 0 aliphatic carbocycles. The predicted molar refractivity (Wildman–Crippen MR) is 138 cm³/mol. The fourth-order valence-corrected chi connectivity index (χ4v) is 4.66. The van der Waals surface area contributed by atoms with Crippen molar-refractivity contribution in [2.75, 3.05) is 13.2 Å². The molecule has 33 heavy (non-hydrogen) atoms. The monoisotopic (exact) mass is 475 g/mol. The number of thioether (sulfide) groups is 1. The largest absolute Gasteiger partial charge is 0.493 e. The van der Waals surface area contributed by atoms with Crippen LogP contribution in [0, 0.1) is 6.92 Å². The molecule has 1 saturated heterocycles. The van der Waals surface area contributed by atoms with Crippen LogP contribution in [0.25, 0.3) is 6.08 Å². The van der Waals surface area contributed by atoms with Crippen molar-refractivity contribution in [2.24, 2.45) is 0 Å². The van der Waals surface area contributed by atoms with E-state index < -0.39 is 0 Å². The second kappa shape index (κ2) is 11.2. The van der Waals surface area contributed by atoms with Crippen molar-refractivity contribution >= 4 is 40.3 Å². The zero-order valence-electron chi connectivity index (χ0n) is 18.4. The molecule has 1 amide bonds. The number of benzene rings is 3. The summed E-state index contributed by atoms with van der Waals surface area (Å²) in [6, 6.07) is 25.6. The van der Waals surface area contributed by atoms with E-state index in [1.54, 1.807) is 4.90 Å². The predicted octanol–water partition coefficient (Wildman–Crippen LogP) is 6.24. The molecule has 1 heterocycles. The molecule has 1 fully saturated rings. The highest BCUT2D eigenvalue weighted by atomic mass is 32.2. The first kappa shape index (κ1) is 23.1. The number of thiocarbonyl (C=S) groups is 1. The van der Waals surface area contributed by atoms with E-state index >= 15 is 0 Å². The van der Waals surface area contributed by atoms with E-state index in [0.717, 1.165) is 34.6 Å². The summed E-state index contributed by atoms with van der Waals surface area (Å²) in [5.74, 6) is 1.56. The van der Waals surface area contributed by atoms with Crippen molar-refractivity contribution < 1.29 is 14.3 Å². The van der Waals surface area contributed by atoms with E-state index in [1.165, 1.54) is 11.8 Å². The molecule has 1 aliphatic rings. The highest BCUT2D eigenvalue weighted by Gasteiger charge is 2.32. The Balaban J connectivity index is 1.36. The third kappa shape index (κ3) is 6.03. The second-order valence-corrected chi connectivity index (χ2v) is 9.28. The number of ether oxygens (including phenoxy) is 2. The zero-order chi connectivity index (χ0) is 23.0. The van der Waals surface area contributed by atoms with E-state index in [9.17, 15) is 4.79 Å². The molecule has 168 valence electrons. The topological polar surface area (TPSA) is 38.8 Å². The van der Waals surface area contributed by atoms with Gasteiger partial charge in [0.2, 0.25) is 0 Å². The number of para-hydroxylation sites is 2. The Hall–Kier alpha value is -3.09. The zero-order valence-corrected chi connectivity index (χ0v) is 20.0. The number of hydrogen-bond donors (Lipinski definition) is 0. The fraction of sp³-hybridized carbons (Fsp3) is 0.185. The maximum Gasteiger partial charge on any atom is 0.266 e. The van der Waals surface area contributed by atoms with Crippen molar-refractivity contribution in [3.8, 4) is 11.5 Å². The summed E-state index contributed by atoms with van der Waals surface area (Å²) in [4.78, 5) is 15.2. The van der Waals surface area contributed by atoms with Crippen molar-refractivity contribution in [3.63, 3.8) is 0 Å². The van der Waals surface area contributed by atoms with E-state index in [4.69, 9.17) is 21.7 Å². The number of carbonyl (C=O) groups excluding carboxylic acids is 1. The van der Waals surface area contributed by atoms with Gasteiger partial charge in [-0.25, -0.2) is 0 Å². The summed E-state index contributed by atoms with van der Waals surface area (Å²) in [5.41, 5.74) is 3.03. The molecule has 0 aromatic heterocycles. The standard InChI is InChI=1S/C27H25NO3S2/c1-20-10-5-7-14-23(20)30-16-9-17-31-24-15-8-6-13-22(24)18-25-26(29)28(27(32)33-25)19-21-11-3-2-4-12-21/h2-8,10-15,18H,9,16-17,19H2,1H3/b25-18-. The van der Waals surface area contributed by atoms with E-state index in [1.807, 2.05) is 91.9 Å². The molecular formula is C27H25NO3S2.